The summed E-state index contributed by atoms with van der Waals surface area (Å²) in [6.45, 7) is 8.29. The van der Waals surface area contributed by atoms with E-state index in [0.717, 1.165) is 5.57 Å². The highest BCUT2D eigenvalue weighted by molar-refractivity contribution is 5.97. The Labute approximate surface area is 223 Å². The second-order valence-corrected chi connectivity index (χ2v) is 12.5. The summed E-state index contributed by atoms with van der Waals surface area (Å²) in [6, 6.07) is 8.75. The van der Waals surface area contributed by atoms with Crippen LogP contribution in [-0.4, -0.2) is 69.0 Å². The van der Waals surface area contributed by atoms with Crippen molar-refractivity contribution in [1.29, 1.82) is 0 Å². The zero-order valence-electron chi connectivity index (χ0n) is 22.7. The lowest BCUT2D eigenvalue weighted by Gasteiger charge is -2.68. The van der Waals surface area contributed by atoms with Crippen LogP contribution in [0.3, 0.4) is 0 Å². The van der Waals surface area contributed by atoms with E-state index >= 15 is 0 Å². The molecule has 3 aliphatic carbocycles. The number of aliphatic hydroxyl groups excluding tert-OH is 2. The SMILES string of the molecule is CC(=O)O[C@@]12CO[C@@H]1C[C@H](O)[C@@]1(C)C(=O)[C@H](O)C3=C(C)CC[C@@](O)([C@@H](CC(=O)c4ccccc4)[C@H]21)C3(C)C. The van der Waals surface area contributed by atoms with Crippen LogP contribution in [0.25, 0.3) is 0 Å². The molecular formula is C30H38O8. The predicted molar refractivity (Wildman–Crippen MR) is 137 cm³/mol. The van der Waals surface area contributed by atoms with Crippen molar-refractivity contribution in [2.75, 3.05) is 6.61 Å². The molecule has 2 saturated carbocycles. The Morgan fingerprint density at radius 1 is 1.13 bits per heavy atom. The zero-order valence-corrected chi connectivity index (χ0v) is 22.7. The van der Waals surface area contributed by atoms with E-state index in [9.17, 15) is 29.7 Å². The topological polar surface area (TPSA) is 130 Å². The van der Waals surface area contributed by atoms with Crippen LogP contribution in [0, 0.1) is 22.7 Å². The third-order valence-electron chi connectivity index (χ3n) is 10.4. The highest BCUT2D eigenvalue weighted by atomic mass is 16.6. The van der Waals surface area contributed by atoms with E-state index < -0.39 is 63.9 Å². The molecule has 38 heavy (non-hydrogen) atoms. The van der Waals surface area contributed by atoms with Gasteiger partial charge in [0.2, 0.25) is 0 Å². The van der Waals surface area contributed by atoms with Gasteiger partial charge in [-0.15, -0.1) is 0 Å². The van der Waals surface area contributed by atoms with Crippen LogP contribution in [0.1, 0.15) is 70.7 Å². The first-order chi connectivity index (χ1) is 17.7. The molecule has 1 saturated heterocycles. The number of hydrogen-bond acceptors (Lipinski definition) is 8. The number of hydrogen-bond donors (Lipinski definition) is 3. The fraction of sp³-hybridized carbons (Fsp3) is 0.633. The highest BCUT2D eigenvalue weighted by Crippen LogP contribution is 2.65. The van der Waals surface area contributed by atoms with Crippen LogP contribution in [0.2, 0.25) is 0 Å². The summed E-state index contributed by atoms with van der Waals surface area (Å²) in [5.41, 5.74) is -3.89. The van der Waals surface area contributed by atoms with Gasteiger partial charge in [0.1, 0.15) is 12.2 Å². The van der Waals surface area contributed by atoms with Crippen molar-refractivity contribution >= 4 is 17.5 Å². The predicted octanol–water partition coefficient (Wildman–Crippen LogP) is 2.77. The Kier molecular flexibility index (Phi) is 6.30. The van der Waals surface area contributed by atoms with Crippen molar-refractivity contribution in [3.63, 3.8) is 0 Å². The van der Waals surface area contributed by atoms with E-state index in [2.05, 4.69) is 0 Å². The molecule has 0 amide bonds. The maximum atomic E-state index is 14.3. The molecule has 0 radical (unpaired) electrons. The molecular weight excluding hydrogens is 488 g/mol. The number of ether oxygens (including phenoxy) is 2. The lowest BCUT2D eigenvalue weighted by atomic mass is 9.42. The molecule has 8 nitrogen and oxygen atoms in total. The Morgan fingerprint density at radius 3 is 2.37 bits per heavy atom. The number of carbonyl (C=O) groups is 3. The van der Waals surface area contributed by atoms with Gasteiger partial charge in [0.15, 0.2) is 17.2 Å². The molecule has 4 aliphatic rings. The van der Waals surface area contributed by atoms with Crippen molar-refractivity contribution in [1.82, 2.24) is 0 Å². The first-order valence-electron chi connectivity index (χ1n) is 13.4. The minimum absolute atomic E-state index is 0.0257. The van der Waals surface area contributed by atoms with Gasteiger partial charge in [-0.05, 0) is 32.3 Å². The van der Waals surface area contributed by atoms with Crippen LogP contribution in [0.15, 0.2) is 41.5 Å². The van der Waals surface area contributed by atoms with E-state index in [1.165, 1.54) is 6.92 Å². The standard InChI is InChI=1S/C30H38O8/c1-16-11-12-30(36)19(13-20(32)18-9-7-6-8-10-18)25-28(5,26(35)24(34)23(16)27(30,3)4)21(33)14-22-29(25,15-37-22)38-17(2)31/h6-10,19,21-22,24-25,33-34,36H,11-15H2,1-5H3/t19-,21-,22+,24+,25-,28+,29-,30+/m0/s1. The molecule has 8 heteroatoms. The van der Waals surface area contributed by atoms with E-state index in [-0.39, 0.29) is 31.7 Å². The lowest BCUT2D eigenvalue weighted by Crippen LogP contribution is -2.79. The first-order valence-corrected chi connectivity index (χ1v) is 13.4. The second kappa shape index (κ2) is 8.81. The van der Waals surface area contributed by atoms with Crippen molar-refractivity contribution < 1.29 is 39.2 Å². The van der Waals surface area contributed by atoms with E-state index in [4.69, 9.17) is 9.47 Å². The Hall–Kier alpha value is -2.39. The van der Waals surface area contributed by atoms with Crippen molar-refractivity contribution in [2.45, 2.75) is 89.8 Å². The largest absolute Gasteiger partial charge is 0.454 e. The molecule has 8 atom stereocenters. The number of esters is 1. The molecule has 1 heterocycles. The number of rotatable bonds is 4. The van der Waals surface area contributed by atoms with Gasteiger partial charge in [0.05, 0.1) is 23.7 Å². The average Bonchev–Trinajstić information content (AvgIpc) is 2.85. The van der Waals surface area contributed by atoms with Crippen LogP contribution >= 0.6 is 0 Å². The third kappa shape index (κ3) is 3.46. The zero-order chi connectivity index (χ0) is 27.8. The number of benzene rings is 1. The Morgan fingerprint density at radius 2 is 1.79 bits per heavy atom. The average molecular weight is 527 g/mol. The molecule has 2 bridgehead atoms. The van der Waals surface area contributed by atoms with Crippen LogP contribution in [-0.2, 0) is 19.1 Å². The highest BCUT2D eigenvalue weighted by Gasteiger charge is 2.76. The summed E-state index contributed by atoms with van der Waals surface area (Å²) in [6.07, 6.45) is -2.90. The second-order valence-electron chi connectivity index (χ2n) is 12.5. The van der Waals surface area contributed by atoms with Gasteiger partial charge in [-0.1, -0.05) is 49.8 Å². The number of ketones is 2. The minimum atomic E-state index is -1.62. The number of Topliss-reactive ketones (excluding diaryl/α,β-unsaturated/α-hetero) is 2. The monoisotopic (exact) mass is 526 g/mol. The molecule has 1 aliphatic heterocycles. The van der Waals surface area contributed by atoms with Gasteiger partial charge < -0.3 is 24.8 Å². The van der Waals surface area contributed by atoms with Gasteiger partial charge >= 0.3 is 5.97 Å². The number of allylic oxidation sites excluding steroid dienone is 1. The molecule has 0 spiro atoms. The van der Waals surface area contributed by atoms with Crippen molar-refractivity contribution in [3.8, 4) is 0 Å². The summed E-state index contributed by atoms with van der Waals surface area (Å²) >= 11 is 0. The maximum Gasteiger partial charge on any atom is 0.303 e. The normalized spacial score (nSPS) is 41.7. The van der Waals surface area contributed by atoms with E-state index in [1.54, 1.807) is 45.0 Å². The molecule has 206 valence electrons. The molecule has 3 fully saturated rings. The van der Waals surface area contributed by atoms with Crippen LogP contribution in [0.4, 0.5) is 0 Å². The van der Waals surface area contributed by atoms with Crippen molar-refractivity contribution in [2.24, 2.45) is 22.7 Å². The van der Waals surface area contributed by atoms with E-state index in [1.807, 2.05) is 13.0 Å². The summed E-state index contributed by atoms with van der Waals surface area (Å²) in [7, 11) is 0. The summed E-state index contributed by atoms with van der Waals surface area (Å²) in [5, 5.41) is 35.9. The third-order valence-corrected chi connectivity index (χ3v) is 10.4. The molecule has 5 rings (SSSR count). The molecule has 1 aromatic rings. The van der Waals surface area contributed by atoms with Crippen LogP contribution in [0.5, 0.6) is 0 Å². The number of carbonyl (C=O) groups excluding carboxylic acids is 3. The van der Waals surface area contributed by atoms with E-state index in [0.29, 0.717) is 17.6 Å². The van der Waals surface area contributed by atoms with Gasteiger partial charge in [0, 0.05) is 42.6 Å². The fourth-order valence-electron chi connectivity index (χ4n) is 8.33. The molecule has 0 unspecified atom stereocenters. The van der Waals surface area contributed by atoms with Crippen LogP contribution < -0.4 is 0 Å². The quantitative estimate of drug-likeness (QED) is 0.310. The van der Waals surface area contributed by atoms with Gasteiger partial charge in [0.25, 0.3) is 0 Å². The number of fused-ring (bicyclic) bond motifs is 5. The smallest absolute Gasteiger partial charge is 0.303 e. The fourth-order valence-corrected chi connectivity index (χ4v) is 8.33. The minimum Gasteiger partial charge on any atom is -0.454 e. The van der Waals surface area contributed by atoms with Gasteiger partial charge in [-0.3, -0.25) is 14.4 Å². The maximum absolute atomic E-state index is 14.3. The molecule has 3 N–H and O–H groups in total. The Balaban J connectivity index is 1.79. The first kappa shape index (κ1) is 27.2. The Bertz CT molecular complexity index is 1200. The summed E-state index contributed by atoms with van der Waals surface area (Å²) < 4.78 is 11.8. The lowest BCUT2D eigenvalue weighted by molar-refractivity contribution is -0.338. The van der Waals surface area contributed by atoms with Gasteiger partial charge in [-0.2, -0.15) is 0 Å². The molecule has 0 aromatic heterocycles. The summed E-state index contributed by atoms with van der Waals surface area (Å²) in [5.74, 6) is -3.27. The molecule has 1 aromatic carbocycles. The summed E-state index contributed by atoms with van der Waals surface area (Å²) in [4.78, 5) is 40.5. The number of aliphatic hydroxyl groups is 3. The van der Waals surface area contributed by atoms with Gasteiger partial charge in [-0.25, -0.2) is 0 Å². The van der Waals surface area contributed by atoms with Crippen molar-refractivity contribution in [3.05, 3.63) is 47.0 Å².